The number of rotatable bonds is 9. The molecule has 0 spiro atoms. The Balaban J connectivity index is 1.51. The minimum atomic E-state index is -0.900. The van der Waals surface area contributed by atoms with Crippen molar-refractivity contribution in [2.75, 3.05) is 7.11 Å². The van der Waals surface area contributed by atoms with E-state index in [-0.39, 0.29) is 30.9 Å². The van der Waals surface area contributed by atoms with Crippen LogP contribution >= 0.6 is 11.3 Å². The third-order valence-corrected chi connectivity index (χ3v) is 7.95. The molecule has 0 bridgehead atoms. The van der Waals surface area contributed by atoms with Crippen molar-refractivity contribution < 1.29 is 19.1 Å². The standard InChI is InChI=1S/C29H31N5O4S/c1-38-29(37)21-15-13-20(14-16-21)27(28(36)30-22-8-3-2-4-9-22)33(18-23-10-7-17-39-23)26(35)19-34-25-12-6-5-11-24(25)31-32-34/h5-7,10-17,22,27H,2-4,8-9,18-19H2,1H3,(H,30,36). The lowest BCUT2D eigenvalue weighted by atomic mass is 9.94. The van der Waals surface area contributed by atoms with Gasteiger partial charge in [0, 0.05) is 10.9 Å². The summed E-state index contributed by atoms with van der Waals surface area (Å²) < 4.78 is 6.40. The average Bonchev–Trinajstić information content (AvgIpc) is 3.63. The second-order valence-electron chi connectivity index (χ2n) is 9.70. The fourth-order valence-electron chi connectivity index (χ4n) is 5.07. The Morgan fingerprint density at radius 2 is 1.82 bits per heavy atom. The van der Waals surface area contributed by atoms with Crippen LogP contribution in [0.2, 0.25) is 0 Å². The highest BCUT2D eigenvalue weighted by molar-refractivity contribution is 7.09. The molecule has 1 atom stereocenters. The smallest absolute Gasteiger partial charge is 0.337 e. The summed E-state index contributed by atoms with van der Waals surface area (Å²) in [4.78, 5) is 42.6. The van der Waals surface area contributed by atoms with Gasteiger partial charge in [0.15, 0.2) is 0 Å². The minimum absolute atomic E-state index is 0.0701. The first-order valence-corrected chi connectivity index (χ1v) is 14.0. The van der Waals surface area contributed by atoms with Crippen molar-refractivity contribution in [3.8, 4) is 0 Å². The van der Waals surface area contributed by atoms with Gasteiger partial charge in [0.25, 0.3) is 0 Å². The number of ether oxygens (including phenoxy) is 1. The number of benzene rings is 2. The maximum absolute atomic E-state index is 14.0. The number of amides is 2. The monoisotopic (exact) mass is 545 g/mol. The Morgan fingerprint density at radius 1 is 1.05 bits per heavy atom. The molecule has 0 saturated heterocycles. The zero-order chi connectivity index (χ0) is 27.2. The lowest BCUT2D eigenvalue weighted by Gasteiger charge is -2.33. The van der Waals surface area contributed by atoms with Crippen molar-refractivity contribution in [1.29, 1.82) is 0 Å². The third-order valence-electron chi connectivity index (χ3n) is 7.09. The van der Waals surface area contributed by atoms with Crippen LogP contribution in [0.15, 0.2) is 66.0 Å². The zero-order valence-corrected chi connectivity index (χ0v) is 22.6. The molecule has 202 valence electrons. The van der Waals surface area contributed by atoms with Crippen molar-refractivity contribution in [1.82, 2.24) is 25.2 Å². The first-order chi connectivity index (χ1) is 19.0. The predicted molar refractivity (Wildman–Crippen MR) is 148 cm³/mol. The van der Waals surface area contributed by atoms with E-state index in [9.17, 15) is 14.4 Å². The Hall–Kier alpha value is -4.05. The van der Waals surface area contributed by atoms with Gasteiger partial charge in [-0.05, 0) is 54.1 Å². The highest BCUT2D eigenvalue weighted by Gasteiger charge is 2.34. The predicted octanol–water partition coefficient (Wildman–Crippen LogP) is 4.50. The number of esters is 1. The van der Waals surface area contributed by atoms with E-state index in [2.05, 4.69) is 15.6 Å². The molecule has 2 amide bonds. The van der Waals surface area contributed by atoms with Crippen LogP contribution < -0.4 is 5.32 Å². The van der Waals surface area contributed by atoms with Gasteiger partial charge in [-0.2, -0.15) is 0 Å². The fraction of sp³-hybridized carbons (Fsp3) is 0.345. The summed E-state index contributed by atoms with van der Waals surface area (Å²) in [7, 11) is 1.33. The van der Waals surface area contributed by atoms with E-state index in [4.69, 9.17) is 4.74 Å². The zero-order valence-electron chi connectivity index (χ0n) is 21.8. The van der Waals surface area contributed by atoms with E-state index in [1.54, 1.807) is 33.8 Å². The van der Waals surface area contributed by atoms with E-state index < -0.39 is 12.0 Å². The summed E-state index contributed by atoms with van der Waals surface area (Å²) in [5, 5.41) is 13.5. The van der Waals surface area contributed by atoms with Crippen molar-refractivity contribution in [3.05, 3.63) is 82.0 Å². The molecular weight excluding hydrogens is 514 g/mol. The molecule has 0 radical (unpaired) electrons. The number of nitrogens with one attached hydrogen (secondary N) is 1. The number of carbonyl (C=O) groups is 3. The number of methoxy groups -OCH3 is 1. The summed E-state index contributed by atoms with van der Waals surface area (Å²) in [6, 6.07) is 17.2. The highest BCUT2D eigenvalue weighted by atomic mass is 32.1. The molecule has 1 aliphatic carbocycles. The normalized spacial score (nSPS) is 14.6. The van der Waals surface area contributed by atoms with E-state index in [1.807, 2.05) is 41.8 Å². The molecule has 0 aliphatic heterocycles. The second-order valence-corrected chi connectivity index (χ2v) is 10.7. The second kappa shape index (κ2) is 12.2. The van der Waals surface area contributed by atoms with Gasteiger partial charge >= 0.3 is 5.97 Å². The van der Waals surface area contributed by atoms with Gasteiger partial charge in [0.05, 0.1) is 24.7 Å². The number of carbonyl (C=O) groups excluding carboxylic acids is 3. The van der Waals surface area contributed by atoms with Crippen molar-refractivity contribution >= 4 is 40.2 Å². The molecular formula is C29H31N5O4S. The van der Waals surface area contributed by atoms with Crippen LogP contribution in [0.3, 0.4) is 0 Å². The Bertz CT molecular complexity index is 1430. The molecule has 4 aromatic rings. The van der Waals surface area contributed by atoms with E-state index >= 15 is 0 Å². The van der Waals surface area contributed by atoms with Crippen LogP contribution in [0.1, 0.15) is 58.9 Å². The first kappa shape index (κ1) is 26.6. The quantitative estimate of drug-likeness (QED) is 0.311. The lowest BCUT2D eigenvalue weighted by Crippen LogP contribution is -2.47. The van der Waals surface area contributed by atoms with Crippen molar-refractivity contribution in [2.45, 2.75) is 57.3 Å². The van der Waals surface area contributed by atoms with Gasteiger partial charge < -0.3 is 15.0 Å². The molecule has 10 heteroatoms. The van der Waals surface area contributed by atoms with Crippen LogP contribution in [-0.4, -0.2) is 50.8 Å². The number of fused-ring (bicyclic) bond motifs is 1. The van der Waals surface area contributed by atoms with Gasteiger partial charge in [0.1, 0.15) is 18.1 Å². The summed E-state index contributed by atoms with van der Waals surface area (Å²) in [6.45, 7) is 0.185. The molecule has 5 rings (SSSR count). The Morgan fingerprint density at radius 3 is 2.54 bits per heavy atom. The van der Waals surface area contributed by atoms with Crippen molar-refractivity contribution in [2.24, 2.45) is 0 Å². The molecule has 1 fully saturated rings. The van der Waals surface area contributed by atoms with Gasteiger partial charge in [-0.25, -0.2) is 9.48 Å². The SMILES string of the molecule is COC(=O)c1ccc(C(C(=O)NC2CCCCC2)N(Cc2cccs2)C(=O)Cn2nnc3ccccc32)cc1. The molecule has 2 aromatic carbocycles. The number of hydrogen-bond acceptors (Lipinski definition) is 7. The highest BCUT2D eigenvalue weighted by Crippen LogP contribution is 2.28. The fourth-order valence-corrected chi connectivity index (χ4v) is 5.77. The largest absolute Gasteiger partial charge is 0.465 e. The summed E-state index contributed by atoms with van der Waals surface area (Å²) in [5.41, 5.74) is 2.43. The van der Waals surface area contributed by atoms with Crippen LogP contribution in [0.4, 0.5) is 0 Å². The Labute approximate surface area is 230 Å². The lowest BCUT2D eigenvalue weighted by molar-refractivity contribution is -0.142. The molecule has 9 nitrogen and oxygen atoms in total. The molecule has 1 aliphatic rings. The summed E-state index contributed by atoms with van der Waals surface area (Å²) in [5.74, 6) is -0.963. The molecule has 39 heavy (non-hydrogen) atoms. The molecule has 1 unspecified atom stereocenters. The average molecular weight is 546 g/mol. The van der Waals surface area contributed by atoms with Gasteiger partial charge in [0.2, 0.25) is 11.8 Å². The molecule has 1 N–H and O–H groups in total. The first-order valence-electron chi connectivity index (χ1n) is 13.1. The van der Waals surface area contributed by atoms with Crippen LogP contribution in [0.5, 0.6) is 0 Å². The van der Waals surface area contributed by atoms with Crippen LogP contribution in [0.25, 0.3) is 11.0 Å². The van der Waals surface area contributed by atoms with E-state index in [0.717, 1.165) is 36.1 Å². The maximum atomic E-state index is 14.0. The van der Waals surface area contributed by atoms with E-state index in [1.165, 1.54) is 24.9 Å². The van der Waals surface area contributed by atoms with Gasteiger partial charge in [-0.15, -0.1) is 16.4 Å². The number of thiophene rings is 1. The van der Waals surface area contributed by atoms with Crippen LogP contribution in [0, 0.1) is 0 Å². The van der Waals surface area contributed by atoms with Gasteiger partial charge in [-0.3, -0.25) is 9.59 Å². The van der Waals surface area contributed by atoms with Crippen LogP contribution in [-0.2, 0) is 27.4 Å². The number of nitrogens with zero attached hydrogens (tertiary/aromatic N) is 4. The number of para-hydroxylation sites is 1. The molecule has 2 heterocycles. The van der Waals surface area contributed by atoms with E-state index in [0.29, 0.717) is 16.6 Å². The Kier molecular flexibility index (Phi) is 8.31. The number of aromatic nitrogens is 3. The third kappa shape index (κ3) is 6.17. The molecule has 1 saturated carbocycles. The maximum Gasteiger partial charge on any atom is 0.337 e. The summed E-state index contributed by atoms with van der Waals surface area (Å²) >= 11 is 1.53. The van der Waals surface area contributed by atoms with Crippen molar-refractivity contribution in [3.63, 3.8) is 0 Å². The minimum Gasteiger partial charge on any atom is -0.465 e. The summed E-state index contributed by atoms with van der Waals surface area (Å²) in [6.07, 6.45) is 5.15. The number of hydrogen-bond donors (Lipinski definition) is 1. The molecule has 2 aromatic heterocycles. The van der Waals surface area contributed by atoms with Gasteiger partial charge in [-0.1, -0.05) is 54.8 Å². The topological polar surface area (TPSA) is 106 Å².